The van der Waals surface area contributed by atoms with Crippen molar-refractivity contribution in [2.24, 2.45) is 5.92 Å². The molecule has 2 atom stereocenters. The molecule has 0 aromatic rings. The Morgan fingerprint density at radius 3 is 2.83 bits per heavy atom. The van der Waals surface area contributed by atoms with Crippen molar-refractivity contribution in [3.05, 3.63) is 11.1 Å². The summed E-state index contributed by atoms with van der Waals surface area (Å²) in [5.74, 6) is 0.411. The molecule has 0 fully saturated rings. The number of aliphatic hydroxyl groups is 1. The number of esters is 1. The quantitative estimate of drug-likeness (QED) is 0.740. The summed E-state index contributed by atoms with van der Waals surface area (Å²) < 4.78 is 5.13. The van der Waals surface area contributed by atoms with Gasteiger partial charge in [0.15, 0.2) is 0 Å². The second-order valence-corrected chi connectivity index (χ2v) is 5.25. The van der Waals surface area contributed by atoms with E-state index in [-0.39, 0.29) is 12.1 Å². The van der Waals surface area contributed by atoms with Crippen molar-refractivity contribution in [3.63, 3.8) is 0 Å². The van der Waals surface area contributed by atoms with Gasteiger partial charge < -0.3 is 9.84 Å². The van der Waals surface area contributed by atoms with Gasteiger partial charge in [-0.05, 0) is 51.4 Å². The highest BCUT2D eigenvalue weighted by Crippen LogP contribution is 2.32. The van der Waals surface area contributed by atoms with Gasteiger partial charge in [0.1, 0.15) is 0 Å². The van der Waals surface area contributed by atoms with Crippen LogP contribution in [-0.4, -0.2) is 23.8 Å². The lowest BCUT2D eigenvalue weighted by Gasteiger charge is -2.24. The van der Waals surface area contributed by atoms with Crippen LogP contribution in [0.2, 0.25) is 0 Å². The summed E-state index contributed by atoms with van der Waals surface area (Å²) >= 11 is 0. The molecule has 0 aromatic carbocycles. The first kappa shape index (κ1) is 15.2. The summed E-state index contributed by atoms with van der Waals surface area (Å²) in [5.41, 5.74) is 2.08. The summed E-state index contributed by atoms with van der Waals surface area (Å²) in [5, 5.41) is 9.63. The fraction of sp³-hybridized carbons (Fsp3) is 0.800. The van der Waals surface area contributed by atoms with Crippen LogP contribution in [0.15, 0.2) is 11.1 Å². The van der Waals surface area contributed by atoms with Crippen molar-refractivity contribution in [2.45, 2.75) is 65.4 Å². The molecule has 1 aliphatic rings. The van der Waals surface area contributed by atoms with Crippen molar-refractivity contribution >= 4 is 5.97 Å². The maximum absolute atomic E-state index is 11.9. The molecule has 104 valence electrons. The van der Waals surface area contributed by atoms with Gasteiger partial charge in [0.2, 0.25) is 0 Å². The van der Waals surface area contributed by atoms with E-state index in [1.54, 1.807) is 0 Å². The van der Waals surface area contributed by atoms with Gasteiger partial charge in [0, 0.05) is 5.57 Å². The lowest BCUT2D eigenvalue weighted by molar-refractivity contribution is -0.139. The molecule has 0 aromatic heterocycles. The molecular weight excluding hydrogens is 228 g/mol. The number of aliphatic hydroxyl groups excluding tert-OH is 1. The molecule has 1 N–H and O–H groups in total. The predicted octanol–water partition coefficient (Wildman–Crippen LogP) is 3.22. The van der Waals surface area contributed by atoms with E-state index in [4.69, 9.17) is 4.74 Å². The number of carbonyl (C=O) groups excluding carboxylic acids is 1. The van der Waals surface area contributed by atoms with Gasteiger partial charge >= 0.3 is 5.97 Å². The first-order chi connectivity index (χ1) is 8.58. The van der Waals surface area contributed by atoms with Crippen molar-refractivity contribution in [1.82, 2.24) is 0 Å². The average Bonchev–Trinajstić information content (AvgIpc) is 2.37. The third kappa shape index (κ3) is 4.45. The van der Waals surface area contributed by atoms with Crippen LogP contribution < -0.4 is 0 Å². The van der Waals surface area contributed by atoms with Gasteiger partial charge in [0.25, 0.3) is 0 Å². The minimum Gasteiger partial charge on any atom is -0.463 e. The highest BCUT2D eigenvalue weighted by atomic mass is 16.5. The smallest absolute Gasteiger partial charge is 0.333 e. The van der Waals surface area contributed by atoms with Crippen LogP contribution in [0.3, 0.4) is 0 Å². The molecule has 0 spiro atoms. The molecule has 0 radical (unpaired) electrons. The van der Waals surface area contributed by atoms with Crippen LogP contribution in [0, 0.1) is 5.92 Å². The van der Waals surface area contributed by atoms with Gasteiger partial charge in [-0.1, -0.05) is 19.4 Å². The molecule has 0 saturated heterocycles. The molecule has 1 aliphatic carbocycles. The fourth-order valence-electron chi connectivity index (χ4n) is 2.43. The van der Waals surface area contributed by atoms with Crippen LogP contribution in [0.5, 0.6) is 0 Å². The fourth-order valence-corrected chi connectivity index (χ4v) is 2.43. The van der Waals surface area contributed by atoms with Crippen LogP contribution in [0.1, 0.15) is 59.3 Å². The first-order valence-corrected chi connectivity index (χ1v) is 7.14. The number of allylic oxidation sites excluding steroid dienone is 1. The minimum absolute atomic E-state index is 0.148. The van der Waals surface area contributed by atoms with Crippen molar-refractivity contribution in [3.8, 4) is 0 Å². The number of hydrogen-bond donors (Lipinski definition) is 1. The summed E-state index contributed by atoms with van der Waals surface area (Å²) in [6, 6.07) is 0. The molecule has 1 rings (SSSR count). The minimum atomic E-state index is -0.250. The van der Waals surface area contributed by atoms with E-state index in [0.29, 0.717) is 12.5 Å². The van der Waals surface area contributed by atoms with Crippen LogP contribution in [0.25, 0.3) is 0 Å². The Hall–Kier alpha value is -0.830. The summed E-state index contributed by atoms with van der Waals surface area (Å²) in [6.45, 7) is 6.43. The van der Waals surface area contributed by atoms with Gasteiger partial charge in [-0.2, -0.15) is 0 Å². The third-order valence-electron chi connectivity index (χ3n) is 3.69. The van der Waals surface area contributed by atoms with E-state index >= 15 is 0 Å². The SMILES string of the molecule is CCOC(=O)C1=C(CCC(O)CC)CC[C@@H](C)C1. The lowest BCUT2D eigenvalue weighted by Crippen LogP contribution is -2.18. The van der Waals surface area contributed by atoms with E-state index in [1.807, 2.05) is 13.8 Å². The molecule has 3 nitrogen and oxygen atoms in total. The van der Waals surface area contributed by atoms with E-state index in [1.165, 1.54) is 5.57 Å². The molecule has 0 bridgehead atoms. The summed E-state index contributed by atoms with van der Waals surface area (Å²) in [4.78, 5) is 11.9. The standard InChI is InChI=1S/C15H26O3/c1-4-13(16)9-8-12-7-6-11(3)10-14(12)15(17)18-5-2/h11,13,16H,4-10H2,1-3H3/t11-,13?/m1/s1. The number of rotatable bonds is 6. The first-order valence-electron chi connectivity index (χ1n) is 7.14. The van der Waals surface area contributed by atoms with Crippen molar-refractivity contribution in [1.29, 1.82) is 0 Å². The lowest BCUT2D eigenvalue weighted by atomic mass is 9.82. The highest BCUT2D eigenvalue weighted by molar-refractivity contribution is 5.89. The molecule has 0 amide bonds. The largest absolute Gasteiger partial charge is 0.463 e. The van der Waals surface area contributed by atoms with E-state index in [2.05, 4.69) is 6.92 Å². The van der Waals surface area contributed by atoms with Crippen LogP contribution in [0.4, 0.5) is 0 Å². The van der Waals surface area contributed by atoms with E-state index in [0.717, 1.165) is 44.1 Å². The number of ether oxygens (including phenoxy) is 1. The molecule has 1 unspecified atom stereocenters. The highest BCUT2D eigenvalue weighted by Gasteiger charge is 2.24. The van der Waals surface area contributed by atoms with Gasteiger partial charge in [0.05, 0.1) is 12.7 Å². The normalized spacial score (nSPS) is 21.9. The topological polar surface area (TPSA) is 46.5 Å². The Balaban J connectivity index is 2.71. The van der Waals surface area contributed by atoms with Gasteiger partial charge in [-0.15, -0.1) is 0 Å². The Bertz CT molecular complexity index is 307. The Kier molecular flexibility index (Phi) is 6.41. The predicted molar refractivity (Wildman–Crippen MR) is 72.2 cm³/mol. The van der Waals surface area contributed by atoms with E-state index in [9.17, 15) is 9.90 Å². The monoisotopic (exact) mass is 254 g/mol. The van der Waals surface area contributed by atoms with Crippen LogP contribution >= 0.6 is 0 Å². The van der Waals surface area contributed by atoms with Crippen molar-refractivity contribution < 1.29 is 14.6 Å². The number of carbonyl (C=O) groups is 1. The zero-order valence-corrected chi connectivity index (χ0v) is 11.9. The Morgan fingerprint density at radius 2 is 2.22 bits per heavy atom. The molecule has 3 heteroatoms. The molecule has 18 heavy (non-hydrogen) atoms. The van der Waals surface area contributed by atoms with Gasteiger partial charge in [-0.3, -0.25) is 0 Å². The second kappa shape index (κ2) is 7.57. The summed E-state index contributed by atoms with van der Waals surface area (Å²) in [6.07, 6.45) is 5.06. The van der Waals surface area contributed by atoms with E-state index < -0.39 is 0 Å². The zero-order valence-electron chi connectivity index (χ0n) is 11.9. The zero-order chi connectivity index (χ0) is 13.5. The molecular formula is C15H26O3. The maximum Gasteiger partial charge on any atom is 0.333 e. The van der Waals surface area contributed by atoms with Gasteiger partial charge in [-0.25, -0.2) is 4.79 Å². The van der Waals surface area contributed by atoms with Crippen LogP contribution in [-0.2, 0) is 9.53 Å². The Labute approximate surface area is 110 Å². The second-order valence-electron chi connectivity index (χ2n) is 5.25. The molecule has 0 saturated carbocycles. The molecule has 0 aliphatic heterocycles. The summed E-state index contributed by atoms with van der Waals surface area (Å²) in [7, 11) is 0. The molecule has 0 heterocycles. The average molecular weight is 254 g/mol. The number of hydrogen-bond acceptors (Lipinski definition) is 3. The Morgan fingerprint density at radius 1 is 1.50 bits per heavy atom. The van der Waals surface area contributed by atoms with Crippen molar-refractivity contribution in [2.75, 3.05) is 6.61 Å². The third-order valence-corrected chi connectivity index (χ3v) is 3.69. The maximum atomic E-state index is 11.9.